The minimum atomic E-state index is -0.277. The summed E-state index contributed by atoms with van der Waals surface area (Å²) in [6, 6.07) is 15.1. The molecule has 1 amide bonds. The number of hydrogen-bond acceptors (Lipinski definition) is 3. The van der Waals surface area contributed by atoms with Crippen molar-refractivity contribution in [2.24, 2.45) is 0 Å². The van der Waals surface area contributed by atoms with Crippen molar-refractivity contribution in [2.45, 2.75) is 0 Å². The maximum Gasteiger partial charge on any atom is 0.256 e. The first-order chi connectivity index (χ1) is 10.1. The van der Waals surface area contributed by atoms with Crippen LogP contribution in [0.3, 0.4) is 0 Å². The summed E-state index contributed by atoms with van der Waals surface area (Å²) in [5, 5.41) is 13.0. The third-order valence-corrected chi connectivity index (χ3v) is 3.25. The van der Waals surface area contributed by atoms with Gasteiger partial charge in [0.15, 0.2) is 0 Å². The molecule has 2 aromatic carbocycles. The van der Waals surface area contributed by atoms with Gasteiger partial charge in [0.25, 0.3) is 5.91 Å². The lowest BCUT2D eigenvalue weighted by atomic mass is 10.1. The van der Waals surface area contributed by atoms with Crippen molar-refractivity contribution in [2.75, 3.05) is 5.32 Å². The molecule has 0 aliphatic rings. The van der Waals surface area contributed by atoms with Crippen molar-refractivity contribution in [1.29, 1.82) is 0 Å². The van der Waals surface area contributed by atoms with E-state index in [2.05, 4.69) is 10.3 Å². The first kappa shape index (κ1) is 13.4. The Hall–Kier alpha value is -2.59. The Morgan fingerprint density at radius 3 is 2.57 bits per heavy atom. The van der Waals surface area contributed by atoms with Gasteiger partial charge in [-0.25, -0.2) is 4.98 Å². The topological polar surface area (TPSA) is 62.2 Å². The third kappa shape index (κ3) is 2.80. The monoisotopic (exact) mass is 298 g/mol. The van der Waals surface area contributed by atoms with Gasteiger partial charge in [0.05, 0.1) is 11.1 Å². The van der Waals surface area contributed by atoms with E-state index in [1.165, 1.54) is 12.1 Å². The first-order valence-electron chi connectivity index (χ1n) is 6.29. The predicted octanol–water partition coefficient (Wildman–Crippen LogP) is 3.85. The molecule has 4 nitrogen and oxygen atoms in total. The normalized spacial score (nSPS) is 10.5. The van der Waals surface area contributed by atoms with Crippen LogP contribution in [0.5, 0.6) is 5.75 Å². The molecule has 2 N–H and O–H groups in total. The van der Waals surface area contributed by atoms with Crippen LogP contribution < -0.4 is 5.32 Å². The number of aromatic nitrogens is 1. The smallest absolute Gasteiger partial charge is 0.256 e. The van der Waals surface area contributed by atoms with E-state index in [-0.39, 0.29) is 16.8 Å². The van der Waals surface area contributed by atoms with Crippen LogP contribution in [0, 0.1) is 0 Å². The van der Waals surface area contributed by atoms with Crippen LogP contribution in [0.2, 0.25) is 5.15 Å². The lowest BCUT2D eigenvalue weighted by Gasteiger charge is -2.08. The molecular formula is C16H11ClN2O2. The second-order valence-corrected chi connectivity index (χ2v) is 4.90. The molecule has 0 saturated heterocycles. The Morgan fingerprint density at radius 2 is 1.81 bits per heavy atom. The van der Waals surface area contributed by atoms with Gasteiger partial charge in [-0.3, -0.25) is 4.79 Å². The fourth-order valence-electron chi connectivity index (χ4n) is 2.07. The standard InChI is InChI=1S/C16H11ClN2O2/c17-15-9-13(12-3-1-2-4-14(12)19-15)16(21)18-10-5-7-11(20)8-6-10/h1-9,20H,(H,18,21). The number of hydrogen-bond donors (Lipinski definition) is 2. The number of phenols is 1. The van der Waals surface area contributed by atoms with Gasteiger partial charge in [-0.1, -0.05) is 29.8 Å². The van der Waals surface area contributed by atoms with Gasteiger partial charge in [0.2, 0.25) is 0 Å². The Bertz CT molecular complexity index is 816. The molecule has 0 aliphatic carbocycles. The minimum Gasteiger partial charge on any atom is -0.508 e. The van der Waals surface area contributed by atoms with Crippen LogP contribution in [0.25, 0.3) is 10.9 Å². The lowest BCUT2D eigenvalue weighted by molar-refractivity contribution is 0.102. The van der Waals surface area contributed by atoms with Gasteiger partial charge >= 0.3 is 0 Å². The molecule has 0 bridgehead atoms. The molecule has 5 heteroatoms. The number of para-hydroxylation sites is 1. The molecular weight excluding hydrogens is 288 g/mol. The predicted molar refractivity (Wildman–Crippen MR) is 82.8 cm³/mol. The zero-order chi connectivity index (χ0) is 14.8. The highest BCUT2D eigenvalue weighted by Crippen LogP contribution is 2.22. The molecule has 0 saturated carbocycles. The highest BCUT2D eigenvalue weighted by Gasteiger charge is 2.12. The molecule has 0 radical (unpaired) electrons. The summed E-state index contributed by atoms with van der Waals surface area (Å²) in [6.07, 6.45) is 0. The largest absolute Gasteiger partial charge is 0.508 e. The highest BCUT2D eigenvalue weighted by atomic mass is 35.5. The number of halogens is 1. The quantitative estimate of drug-likeness (QED) is 0.558. The second-order valence-electron chi connectivity index (χ2n) is 4.51. The Balaban J connectivity index is 1.99. The number of nitrogens with one attached hydrogen (secondary N) is 1. The number of anilines is 1. The van der Waals surface area contributed by atoms with Crippen LogP contribution in [0.1, 0.15) is 10.4 Å². The molecule has 104 valence electrons. The van der Waals surface area contributed by atoms with Crippen LogP contribution in [0.15, 0.2) is 54.6 Å². The van der Waals surface area contributed by atoms with Crippen LogP contribution in [-0.2, 0) is 0 Å². The van der Waals surface area contributed by atoms with E-state index >= 15 is 0 Å². The van der Waals surface area contributed by atoms with Crippen molar-refractivity contribution in [3.05, 3.63) is 65.3 Å². The number of aromatic hydroxyl groups is 1. The van der Waals surface area contributed by atoms with Gasteiger partial charge in [0, 0.05) is 11.1 Å². The van der Waals surface area contributed by atoms with Crippen molar-refractivity contribution in [3.63, 3.8) is 0 Å². The SMILES string of the molecule is O=C(Nc1ccc(O)cc1)c1cc(Cl)nc2ccccc12. The molecule has 0 unspecified atom stereocenters. The maximum atomic E-state index is 12.4. The van der Waals surface area contributed by atoms with Crippen molar-refractivity contribution in [1.82, 2.24) is 4.98 Å². The van der Waals surface area contributed by atoms with Gasteiger partial charge in [0.1, 0.15) is 10.9 Å². The Kier molecular flexibility index (Phi) is 3.46. The molecule has 0 aliphatic heterocycles. The van der Waals surface area contributed by atoms with Crippen molar-refractivity contribution >= 4 is 34.1 Å². The maximum absolute atomic E-state index is 12.4. The summed E-state index contributed by atoms with van der Waals surface area (Å²) in [6.45, 7) is 0. The summed E-state index contributed by atoms with van der Waals surface area (Å²) in [7, 11) is 0. The second kappa shape index (κ2) is 5.42. The van der Waals surface area contributed by atoms with Gasteiger partial charge < -0.3 is 10.4 Å². The van der Waals surface area contributed by atoms with Crippen molar-refractivity contribution in [3.8, 4) is 5.75 Å². The summed E-state index contributed by atoms with van der Waals surface area (Å²) < 4.78 is 0. The number of benzene rings is 2. The molecule has 21 heavy (non-hydrogen) atoms. The van der Waals surface area contributed by atoms with E-state index in [1.54, 1.807) is 24.3 Å². The molecule has 3 rings (SSSR count). The van der Waals surface area contributed by atoms with E-state index in [0.717, 1.165) is 5.39 Å². The van der Waals surface area contributed by atoms with Crippen LogP contribution in [0.4, 0.5) is 5.69 Å². The average Bonchev–Trinajstić information content (AvgIpc) is 2.48. The minimum absolute atomic E-state index is 0.144. The Morgan fingerprint density at radius 1 is 1.10 bits per heavy atom. The summed E-state index contributed by atoms with van der Waals surface area (Å²) in [5.74, 6) is -0.133. The number of carbonyl (C=O) groups is 1. The lowest BCUT2D eigenvalue weighted by Crippen LogP contribution is -2.12. The molecule has 0 fully saturated rings. The molecule has 3 aromatic rings. The summed E-state index contributed by atoms with van der Waals surface area (Å²) in [5.41, 5.74) is 1.72. The number of rotatable bonds is 2. The van der Waals surface area contributed by atoms with Crippen LogP contribution >= 0.6 is 11.6 Å². The van der Waals surface area contributed by atoms with E-state index in [0.29, 0.717) is 16.8 Å². The van der Waals surface area contributed by atoms with Crippen LogP contribution in [-0.4, -0.2) is 16.0 Å². The number of nitrogens with zero attached hydrogens (tertiary/aromatic N) is 1. The molecule has 0 spiro atoms. The molecule has 1 aromatic heterocycles. The number of pyridine rings is 1. The number of fused-ring (bicyclic) bond motifs is 1. The van der Waals surface area contributed by atoms with Crippen molar-refractivity contribution < 1.29 is 9.90 Å². The Labute approximate surface area is 126 Å². The fourth-order valence-corrected chi connectivity index (χ4v) is 2.27. The molecule has 1 heterocycles. The fraction of sp³-hybridized carbons (Fsp3) is 0. The van der Waals surface area contributed by atoms with Gasteiger partial charge in [-0.05, 0) is 36.4 Å². The summed E-state index contributed by atoms with van der Waals surface area (Å²) in [4.78, 5) is 16.6. The highest BCUT2D eigenvalue weighted by molar-refractivity contribution is 6.30. The van der Waals surface area contributed by atoms with E-state index < -0.39 is 0 Å². The zero-order valence-electron chi connectivity index (χ0n) is 10.9. The number of carbonyl (C=O) groups excluding carboxylic acids is 1. The third-order valence-electron chi connectivity index (χ3n) is 3.05. The van der Waals surface area contributed by atoms with E-state index in [1.807, 2.05) is 18.2 Å². The van der Waals surface area contributed by atoms with E-state index in [4.69, 9.17) is 11.6 Å². The zero-order valence-corrected chi connectivity index (χ0v) is 11.6. The first-order valence-corrected chi connectivity index (χ1v) is 6.67. The number of phenolic OH excluding ortho intramolecular Hbond substituents is 1. The van der Waals surface area contributed by atoms with E-state index in [9.17, 15) is 9.90 Å². The average molecular weight is 299 g/mol. The molecule has 0 atom stereocenters. The van der Waals surface area contributed by atoms with Gasteiger partial charge in [-0.15, -0.1) is 0 Å². The number of amides is 1. The summed E-state index contributed by atoms with van der Waals surface area (Å²) >= 11 is 5.97. The van der Waals surface area contributed by atoms with Gasteiger partial charge in [-0.2, -0.15) is 0 Å².